The van der Waals surface area contributed by atoms with Crippen LogP contribution in [0.1, 0.15) is 45.4 Å². The van der Waals surface area contributed by atoms with Crippen LogP contribution in [-0.4, -0.2) is 50.6 Å². The third-order valence-electron chi connectivity index (χ3n) is 4.86. The predicted molar refractivity (Wildman–Crippen MR) is 78.9 cm³/mol. The number of hydrogen-bond acceptors (Lipinski definition) is 4. The van der Waals surface area contributed by atoms with Crippen LogP contribution < -0.4 is 5.32 Å². The van der Waals surface area contributed by atoms with Crippen LogP contribution in [0.15, 0.2) is 0 Å². The summed E-state index contributed by atoms with van der Waals surface area (Å²) in [5.74, 6) is 0.301. The van der Waals surface area contributed by atoms with Gasteiger partial charge in [0.25, 0.3) is 0 Å². The van der Waals surface area contributed by atoms with Gasteiger partial charge < -0.3 is 5.32 Å². The van der Waals surface area contributed by atoms with Crippen molar-refractivity contribution in [2.24, 2.45) is 5.92 Å². The van der Waals surface area contributed by atoms with Crippen LogP contribution in [0.25, 0.3) is 0 Å². The van der Waals surface area contributed by atoms with E-state index in [-0.39, 0.29) is 0 Å². The van der Waals surface area contributed by atoms with Gasteiger partial charge in [-0.3, -0.25) is 4.90 Å². The number of nitrogens with one attached hydrogen (secondary N) is 1. The summed E-state index contributed by atoms with van der Waals surface area (Å²) < 4.78 is 25.3. The van der Waals surface area contributed by atoms with Crippen molar-refractivity contribution in [1.82, 2.24) is 10.2 Å². The van der Waals surface area contributed by atoms with Crippen LogP contribution in [-0.2, 0) is 9.84 Å². The minimum Gasteiger partial charge on any atom is -0.317 e. The molecule has 2 aliphatic heterocycles. The number of hydrogen-bond donors (Lipinski definition) is 1. The number of likely N-dealkylation sites (tertiary alicyclic amines) is 1. The third kappa shape index (κ3) is 2.83. The molecule has 1 N–H and O–H groups in total. The molecule has 0 aromatic carbocycles. The molecule has 0 amide bonds. The summed E-state index contributed by atoms with van der Waals surface area (Å²) in [6.45, 7) is 5.93. The molecule has 2 rings (SSSR count). The highest BCUT2D eigenvalue weighted by Crippen LogP contribution is 2.42. The van der Waals surface area contributed by atoms with E-state index in [0.29, 0.717) is 5.92 Å². The quantitative estimate of drug-likeness (QED) is 0.854. The lowest BCUT2D eigenvalue weighted by atomic mass is 9.83. The largest absolute Gasteiger partial charge is 0.317 e. The van der Waals surface area contributed by atoms with E-state index in [0.717, 1.165) is 64.7 Å². The van der Waals surface area contributed by atoms with Crippen LogP contribution in [0.4, 0.5) is 0 Å². The summed E-state index contributed by atoms with van der Waals surface area (Å²) in [4.78, 5) is 1.71. The van der Waals surface area contributed by atoms with Crippen LogP contribution in [0.2, 0.25) is 0 Å². The first-order valence-corrected chi connectivity index (χ1v) is 9.57. The number of piperidine rings is 2. The molecule has 1 atom stereocenters. The van der Waals surface area contributed by atoms with Gasteiger partial charge in [0, 0.05) is 6.26 Å². The summed E-state index contributed by atoms with van der Waals surface area (Å²) in [7, 11) is -3.06. The zero-order chi connectivity index (χ0) is 13.9. The molecular formula is C14H28N2O2S. The molecule has 0 aromatic rings. The number of sulfone groups is 1. The minimum atomic E-state index is -3.06. The van der Waals surface area contributed by atoms with Crippen LogP contribution in [0.5, 0.6) is 0 Å². The highest BCUT2D eigenvalue weighted by molar-refractivity contribution is 7.92. The maximum absolute atomic E-state index is 12.6. The van der Waals surface area contributed by atoms with Crippen molar-refractivity contribution in [3.05, 3.63) is 0 Å². The smallest absolute Gasteiger partial charge is 0.166 e. The lowest BCUT2D eigenvalue weighted by Gasteiger charge is -2.51. The maximum atomic E-state index is 12.6. The first-order valence-electron chi connectivity index (χ1n) is 7.67. The number of nitrogens with zero attached hydrogens (tertiary/aromatic N) is 1. The Labute approximate surface area is 117 Å². The molecule has 2 saturated heterocycles. The lowest BCUT2D eigenvalue weighted by molar-refractivity contribution is 0.0492. The first kappa shape index (κ1) is 15.3. The van der Waals surface area contributed by atoms with E-state index in [1.807, 2.05) is 0 Å². The standard InChI is InChI=1S/C14H28N2O2S/c1-3-11-16-12-5-4-8-14(16,19(2,17)18)13-6-9-15-10-7-13/h13,15H,3-12H2,1-2H3. The second-order valence-corrected chi connectivity index (χ2v) is 8.34. The van der Waals surface area contributed by atoms with E-state index < -0.39 is 14.7 Å². The fourth-order valence-corrected chi connectivity index (χ4v) is 6.07. The van der Waals surface area contributed by atoms with Gasteiger partial charge in [-0.1, -0.05) is 6.92 Å². The second kappa shape index (κ2) is 6.10. The molecule has 112 valence electrons. The van der Waals surface area contributed by atoms with Gasteiger partial charge in [0.05, 0.1) is 0 Å². The molecule has 0 spiro atoms. The van der Waals surface area contributed by atoms with Gasteiger partial charge in [-0.05, 0) is 70.6 Å². The third-order valence-corrected chi connectivity index (χ3v) is 6.94. The first-order chi connectivity index (χ1) is 9.02. The summed E-state index contributed by atoms with van der Waals surface area (Å²) >= 11 is 0. The summed E-state index contributed by atoms with van der Waals surface area (Å²) in [6.07, 6.45) is 7.50. The molecule has 2 fully saturated rings. The van der Waals surface area contributed by atoms with Crippen molar-refractivity contribution in [3.8, 4) is 0 Å². The van der Waals surface area contributed by atoms with E-state index in [1.165, 1.54) is 6.26 Å². The van der Waals surface area contributed by atoms with Crippen molar-refractivity contribution in [2.75, 3.05) is 32.4 Å². The van der Waals surface area contributed by atoms with Gasteiger partial charge in [-0.2, -0.15) is 0 Å². The van der Waals surface area contributed by atoms with Crippen molar-refractivity contribution >= 4 is 9.84 Å². The fraction of sp³-hybridized carbons (Fsp3) is 1.00. The normalized spacial score (nSPS) is 31.5. The Balaban J connectivity index is 2.36. The molecule has 4 nitrogen and oxygen atoms in total. The molecule has 5 heteroatoms. The Morgan fingerprint density at radius 1 is 1.26 bits per heavy atom. The molecule has 2 aliphatic rings. The van der Waals surface area contributed by atoms with E-state index in [2.05, 4.69) is 17.1 Å². The Kier molecular flexibility index (Phi) is 4.90. The zero-order valence-corrected chi connectivity index (χ0v) is 13.1. The van der Waals surface area contributed by atoms with E-state index in [1.54, 1.807) is 0 Å². The van der Waals surface area contributed by atoms with Crippen LogP contribution in [0, 0.1) is 5.92 Å². The van der Waals surface area contributed by atoms with Gasteiger partial charge in [-0.15, -0.1) is 0 Å². The van der Waals surface area contributed by atoms with Gasteiger partial charge in [-0.25, -0.2) is 8.42 Å². The summed E-state index contributed by atoms with van der Waals surface area (Å²) in [5.41, 5.74) is 0. The topological polar surface area (TPSA) is 49.4 Å². The second-order valence-electron chi connectivity index (χ2n) is 6.09. The Bertz CT molecular complexity index is 375. The van der Waals surface area contributed by atoms with E-state index >= 15 is 0 Å². The molecule has 0 aromatic heterocycles. The molecule has 0 radical (unpaired) electrons. The van der Waals surface area contributed by atoms with Gasteiger partial charge in [0.15, 0.2) is 9.84 Å². The highest BCUT2D eigenvalue weighted by atomic mass is 32.2. The van der Waals surface area contributed by atoms with Gasteiger partial charge in [0.2, 0.25) is 0 Å². The van der Waals surface area contributed by atoms with Crippen molar-refractivity contribution in [2.45, 2.75) is 50.3 Å². The molecule has 0 bridgehead atoms. The molecular weight excluding hydrogens is 260 g/mol. The van der Waals surface area contributed by atoms with Crippen molar-refractivity contribution < 1.29 is 8.42 Å². The Morgan fingerprint density at radius 3 is 2.53 bits per heavy atom. The molecule has 19 heavy (non-hydrogen) atoms. The van der Waals surface area contributed by atoms with Gasteiger partial charge >= 0.3 is 0 Å². The summed E-state index contributed by atoms with van der Waals surface area (Å²) in [6, 6.07) is 0. The zero-order valence-electron chi connectivity index (χ0n) is 12.3. The average molecular weight is 288 g/mol. The van der Waals surface area contributed by atoms with E-state index in [9.17, 15) is 8.42 Å². The van der Waals surface area contributed by atoms with Crippen LogP contribution in [0.3, 0.4) is 0 Å². The van der Waals surface area contributed by atoms with Crippen molar-refractivity contribution in [1.29, 1.82) is 0 Å². The fourth-order valence-electron chi connectivity index (χ4n) is 4.06. The maximum Gasteiger partial charge on any atom is 0.166 e. The molecule has 0 saturated carbocycles. The Morgan fingerprint density at radius 2 is 1.95 bits per heavy atom. The predicted octanol–water partition coefficient (Wildman–Crippen LogP) is 1.62. The molecule has 0 aliphatic carbocycles. The van der Waals surface area contributed by atoms with Gasteiger partial charge in [0.1, 0.15) is 4.87 Å². The summed E-state index contributed by atoms with van der Waals surface area (Å²) in [5, 5.41) is 3.36. The molecule has 1 unspecified atom stereocenters. The number of rotatable bonds is 4. The Hall–Kier alpha value is -0.130. The SMILES string of the molecule is CCCN1CCCCC1(C1CCNCC1)S(C)(=O)=O. The highest BCUT2D eigenvalue weighted by Gasteiger charge is 2.52. The monoisotopic (exact) mass is 288 g/mol. The van der Waals surface area contributed by atoms with Crippen molar-refractivity contribution in [3.63, 3.8) is 0 Å². The average Bonchev–Trinajstić information content (AvgIpc) is 2.39. The van der Waals surface area contributed by atoms with E-state index in [4.69, 9.17) is 0 Å². The molecule has 2 heterocycles. The minimum absolute atomic E-state index is 0.301. The lowest BCUT2D eigenvalue weighted by Crippen LogP contribution is -2.62. The van der Waals surface area contributed by atoms with Crippen LogP contribution >= 0.6 is 0 Å².